The van der Waals surface area contributed by atoms with Crippen LogP contribution in [0.25, 0.3) is 0 Å². The van der Waals surface area contributed by atoms with E-state index in [9.17, 15) is 21.6 Å². The summed E-state index contributed by atoms with van der Waals surface area (Å²) in [5.74, 6) is -0.939. The number of hydrogen-bond acceptors (Lipinski definition) is 4. The quantitative estimate of drug-likeness (QED) is 0.906. The Morgan fingerprint density at radius 1 is 1.25 bits per heavy atom. The topological polar surface area (TPSA) is 84.1 Å². The number of nitrogens with one attached hydrogen (secondary N) is 2. The standard InChI is InChI=1S/C10H8F3N3O3S/c11-10(12,13)19-7-3-1-2-4-8(7)20(17,18)16-9-14-5-6-15-9/h1-6H,(H2,14,15,16). The Morgan fingerprint density at radius 3 is 2.55 bits per heavy atom. The summed E-state index contributed by atoms with van der Waals surface area (Å²) in [4.78, 5) is 5.44. The van der Waals surface area contributed by atoms with Crippen molar-refractivity contribution in [1.82, 2.24) is 9.97 Å². The Morgan fingerprint density at radius 2 is 1.95 bits per heavy atom. The number of alkyl halides is 3. The zero-order chi connectivity index (χ0) is 14.8. The first-order chi connectivity index (χ1) is 9.28. The maximum Gasteiger partial charge on any atom is 0.573 e. The predicted molar refractivity (Wildman–Crippen MR) is 62.5 cm³/mol. The molecule has 10 heteroatoms. The van der Waals surface area contributed by atoms with Gasteiger partial charge in [0.1, 0.15) is 10.6 Å². The third-order valence-electron chi connectivity index (χ3n) is 2.09. The van der Waals surface area contributed by atoms with Crippen LogP contribution in [0.4, 0.5) is 19.1 Å². The van der Waals surface area contributed by atoms with Gasteiger partial charge in [-0.1, -0.05) is 12.1 Å². The van der Waals surface area contributed by atoms with Crippen LogP contribution >= 0.6 is 0 Å². The number of anilines is 1. The van der Waals surface area contributed by atoms with Gasteiger partial charge in [0, 0.05) is 12.4 Å². The van der Waals surface area contributed by atoms with E-state index in [0.29, 0.717) is 0 Å². The van der Waals surface area contributed by atoms with Crippen LogP contribution in [-0.2, 0) is 10.0 Å². The van der Waals surface area contributed by atoms with Crippen molar-refractivity contribution in [3.8, 4) is 5.75 Å². The zero-order valence-corrected chi connectivity index (χ0v) is 10.5. The molecule has 0 bridgehead atoms. The van der Waals surface area contributed by atoms with Crippen molar-refractivity contribution < 1.29 is 26.3 Å². The fourth-order valence-corrected chi connectivity index (χ4v) is 2.49. The molecule has 0 fully saturated rings. The number of para-hydroxylation sites is 1. The first-order valence-electron chi connectivity index (χ1n) is 5.15. The minimum Gasteiger partial charge on any atom is -0.404 e. The smallest absolute Gasteiger partial charge is 0.404 e. The molecule has 0 radical (unpaired) electrons. The second kappa shape index (κ2) is 5.04. The molecule has 0 spiro atoms. The van der Waals surface area contributed by atoms with Crippen molar-refractivity contribution in [1.29, 1.82) is 0 Å². The van der Waals surface area contributed by atoms with E-state index in [1.807, 2.05) is 4.72 Å². The molecule has 1 aromatic heterocycles. The second-order valence-corrected chi connectivity index (χ2v) is 5.19. The summed E-state index contributed by atoms with van der Waals surface area (Å²) in [6.07, 6.45) is -2.34. The van der Waals surface area contributed by atoms with E-state index >= 15 is 0 Å². The number of benzene rings is 1. The zero-order valence-electron chi connectivity index (χ0n) is 9.68. The predicted octanol–water partition coefficient (Wildman–Crippen LogP) is 2.11. The van der Waals surface area contributed by atoms with Crippen LogP contribution in [0.5, 0.6) is 5.75 Å². The first-order valence-corrected chi connectivity index (χ1v) is 6.63. The van der Waals surface area contributed by atoms with Crippen molar-refractivity contribution in [3.63, 3.8) is 0 Å². The largest absolute Gasteiger partial charge is 0.573 e. The van der Waals surface area contributed by atoms with E-state index < -0.39 is 27.0 Å². The number of rotatable bonds is 4. The maximum absolute atomic E-state index is 12.2. The molecule has 2 aromatic rings. The number of hydrogen-bond donors (Lipinski definition) is 2. The number of imidazole rings is 1. The van der Waals surface area contributed by atoms with E-state index in [-0.39, 0.29) is 5.95 Å². The van der Waals surface area contributed by atoms with Crippen molar-refractivity contribution in [2.45, 2.75) is 11.3 Å². The third-order valence-corrected chi connectivity index (χ3v) is 3.47. The molecule has 108 valence electrons. The highest BCUT2D eigenvalue weighted by Crippen LogP contribution is 2.29. The molecule has 0 aliphatic carbocycles. The van der Waals surface area contributed by atoms with Crippen LogP contribution in [0.3, 0.4) is 0 Å². The van der Waals surface area contributed by atoms with Gasteiger partial charge in [-0.05, 0) is 12.1 Å². The van der Waals surface area contributed by atoms with E-state index in [1.54, 1.807) is 0 Å². The van der Waals surface area contributed by atoms with Crippen LogP contribution in [0, 0.1) is 0 Å². The van der Waals surface area contributed by atoms with Gasteiger partial charge in [0.05, 0.1) is 0 Å². The SMILES string of the molecule is O=S(=O)(Nc1ncc[nH]1)c1ccccc1OC(F)(F)F. The van der Waals surface area contributed by atoms with E-state index in [1.165, 1.54) is 24.5 Å². The molecule has 0 aliphatic rings. The summed E-state index contributed by atoms with van der Waals surface area (Å²) in [5, 5.41) is 0. The molecule has 2 rings (SSSR count). The highest BCUT2D eigenvalue weighted by Gasteiger charge is 2.34. The minimum atomic E-state index is -4.99. The summed E-state index contributed by atoms with van der Waals surface area (Å²) in [5.41, 5.74) is 0. The molecule has 0 saturated carbocycles. The van der Waals surface area contributed by atoms with Crippen LogP contribution in [0.1, 0.15) is 0 Å². The summed E-state index contributed by atoms with van der Waals surface area (Å²) in [7, 11) is -4.26. The number of H-pyrrole nitrogens is 1. The molecule has 0 aliphatic heterocycles. The summed E-state index contributed by atoms with van der Waals surface area (Å²) in [6, 6.07) is 4.41. The summed E-state index contributed by atoms with van der Waals surface area (Å²) < 4.78 is 66.4. The maximum atomic E-state index is 12.2. The van der Waals surface area contributed by atoms with Gasteiger partial charge in [-0.2, -0.15) is 0 Å². The summed E-state index contributed by atoms with van der Waals surface area (Å²) >= 11 is 0. The Balaban J connectivity index is 2.36. The Bertz CT molecular complexity index is 683. The highest BCUT2D eigenvalue weighted by atomic mass is 32.2. The summed E-state index contributed by atoms with van der Waals surface area (Å²) in [6.45, 7) is 0. The van der Waals surface area contributed by atoms with Crippen LogP contribution in [-0.4, -0.2) is 24.7 Å². The van der Waals surface area contributed by atoms with Gasteiger partial charge >= 0.3 is 6.36 Å². The van der Waals surface area contributed by atoms with E-state index in [0.717, 1.165) is 12.1 Å². The molecule has 1 aromatic carbocycles. The molecule has 2 N–H and O–H groups in total. The first kappa shape index (κ1) is 14.2. The number of nitrogens with zero attached hydrogens (tertiary/aromatic N) is 1. The third kappa shape index (κ3) is 3.41. The molecule has 0 amide bonds. The average Bonchev–Trinajstić information content (AvgIpc) is 2.79. The lowest BCUT2D eigenvalue weighted by molar-refractivity contribution is -0.275. The molecule has 1 heterocycles. The monoisotopic (exact) mass is 307 g/mol. The van der Waals surface area contributed by atoms with Crippen LogP contribution in [0.15, 0.2) is 41.6 Å². The van der Waals surface area contributed by atoms with Gasteiger partial charge in [-0.15, -0.1) is 13.2 Å². The normalized spacial score (nSPS) is 12.2. The van der Waals surface area contributed by atoms with Gasteiger partial charge in [0.2, 0.25) is 5.95 Å². The number of halogens is 3. The van der Waals surface area contributed by atoms with Crippen LogP contribution < -0.4 is 9.46 Å². The van der Waals surface area contributed by atoms with Gasteiger partial charge < -0.3 is 9.72 Å². The van der Waals surface area contributed by atoms with E-state index in [4.69, 9.17) is 0 Å². The minimum absolute atomic E-state index is 0.119. The molecular weight excluding hydrogens is 299 g/mol. The van der Waals surface area contributed by atoms with Crippen molar-refractivity contribution >= 4 is 16.0 Å². The molecular formula is C10H8F3N3O3S. The van der Waals surface area contributed by atoms with Crippen molar-refractivity contribution in [3.05, 3.63) is 36.7 Å². The lowest BCUT2D eigenvalue weighted by Crippen LogP contribution is -2.21. The molecule has 0 unspecified atom stereocenters. The van der Waals surface area contributed by atoms with Crippen molar-refractivity contribution in [2.75, 3.05) is 4.72 Å². The number of aromatic amines is 1. The van der Waals surface area contributed by atoms with Gasteiger partial charge in [-0.3, -0.25) is 0 Å². The lowest BCUT2D eigenvalue weighted by Gasteiger charge is -2.13. The lowest BCUT2D eigenvalue weighted by atomic mass is 10.3. The molecule has 0 saturated heterocycles. The fourth-order valence-electron chi connectivity index (χ4n) is 1.38. The van der Waals surface area contributed by atoms with E-state index in [2.05, 4.69) is 14.7 Å². The molecule has 20 heavy (non-hydrogen) atoms. The second-order valence-electron chi connectivity index (χ2n) is 3.54. The number of aromatic nitrogens is 2. The fraction of sp³-hybridized carbons (Fsp3) is 0.100. The number of sulfonamides is 1. The Labute approximate surface area is 111 Å². The average molecular weight is 307 g/mol. The molecule has 6 nitrogen and oxygen atoms in total. The van der Waals surface area contributed by atoms with Gasteiger partial charge in [0.15, 0.2) is 0 Å². The van der Waals surface area contributed by atoms with Crippen molar-refractivity contribution in [2.24, 2.45) is 0 Å². The van der Waals surface area contributed by atoms with Gasteiger partial charge in [0.25, 0.3) is 10.0 Å². The Kier molecular flexibility index (Phi) is 3.57. The number of ether oxygens (including phenoxy) is 1. The molecule has 0 atom stereocenters. The van der Waals surface area contributed by atoms with Gasteiger partial charge in [-0.25, -0.2) is 18.1 Å². The van der Waals surface area contributed by atoms with Crippen LogP contribution in [0.2, 0.25) is 0 Å². The highest BCUT2D eigenvalue weighted by molar-refractivity contribution is 7.92. The Hall–Kier alpha value is -2.23.